The van der Waals surface area contributed by atoms with Gasteiger partial charge in [-0.3, -0.25) is 14.4 Å². The molecule has 0 aromatic heterocycles. The van der Waals surface area contributed by atoms with Crippen LogP contribution in [0.3, 0.4) is 0 Å². The summed E-state index contributed by atoms with van der Waals surface area (Å²) in [5.74, 6) is -4.00. The second-order valence-electron chi connectivity index (χ2n) is 15.6. The monoisotopic (exact) mass is 869 g/mol. The van der Waals surface area contributed by atoms with Gasteiger partial charge in [0.05, 0.1) is 31.5 Å². The lowest BCUT2D eigenvalue weighted by Crippen LogP contribution is -2.67. The van der Waals surface area contributed by atoms with Crippen LogP contribution in [0.15, 0.2) is 54.6 Å². The maximum Gasteiger partial charge on any atom is 0.217 e. The Balaban J connectivity index is 1.26. The van der Waals surface area contributed by atoms with Crippen LogP contribution in [0, 0.1) is 5.92 Å². The van der Waals surface area contributed by atoms with Gasteiger partial charge >= 0.3 is 0 Å². The topological polar surface area (TPSA) is 290 Å². The number of hydrogen-bond acceptors (Lipinski definition) is 18. The second kappa shape index (κ2) is 21.7. The lowest BCUT2D eigenvalue weighted by Gasteiger charge is -2.49. The molecule has 0 aliphatic carbocycles. The number of halogens is 1. The van der Waals surface area contributed by atoms with E-state index < -0.39 is 141 Å². The maximum absolute atomic E-state index is 13.4. The van der Waals surface area contributed by atoms with Crippen LogP contribution in [0.5, 0.6) is 11.5 Å². The number of para-hydroxylation sites is 1. The number of aliphatic hydroxyl groups excluding tert-OH is 8. The number of rotatable bonds is 19. The molecule has 2 aromatic carbocycles. The van der Waals surface area contributed by atoms with Crippen molar-refractivity contribution in [2.24, 2.45) is 5.92 Å². The highest BCUT2D eigenvalue weighted by Gasteiger charge is 2.53. The van der Waals surface area contributed by atoms with E-state index in [1.807, 2.05) is 6.07 Å². The van der Waals surface area contributed by atoms with Crippen LogP contribution in [0.2, 0.25) is 0 Å². The highest BCUT2D eigenvalue weighted by atomic mass is 19.1. The third kappa shape index (κ3) is 12.1. The molecule has 20 heteroatoms. The van der Waals surface area contributed by atoms with Crippen LogP contribution in [0.4, 0.5) is 4.39 Å². The zero-order chi connectivity index (χ0) is 44.6. The Hall–Kier alpha value is -3.58. The lowest BCUT2D eigenvalue weighted by molar-refractivity contribution is -0.362. The highest BCUT2D eigenvalue weighted by Crippen LogP contribution is 2.39. The Morgan fingerprint density at radius 2 is 1.61 bits per heavy atom. The number of methoxy groups -OCH3 is 1. The smallest absolute Gasteiger partial charge is 0.217 e. The summed E-state index contributed by atoms with van der Waals surface area (Å²) in [6, 6.07) is 14.1. The summed E-state index contributed by atoms with van der Waals surface area (Å²) >= 11 is 0. The molecule has 3 saturated heterocycles. The van der Waals surface area contributed by atoms with Gasteiger partial charge in [0.25, 0.3) is 0 Å². The summed E-state index contributed by atoms with van der Waals surface area (Å²) in [4.78, 5) is 37.3. The van der Waals surface area contributed by atoms with Crippen LogP contribution < -0.4 is 10.1 Å². The van der Waals surface area contributed by atoms with Crippen molar-refractivity contribution in [3.63, 3.8) is 0 Å². The molecule has 5 rings (SSSR count). The summed E-state index contributed by atoms with van der Waals surface area (Å²) in [6.45, 7) is -0.206. The van der Waals surface area contributed by atoms with Crippen molar-refractivity contribution >= 4 is 17.5 Å². The molecule has 3 aliphatic rings. The van der Waals surface area contributed by atoms with Crippen LogP contribution in [-0.2, 0) is 38.0 Å². The number of alkyl halides is 1. The average Bonchev–Trinajstić information content (AvgIpc) is 3.24. The summed E-state index contributed by atoms with van der Waals surface area (Å²) in [6.07, 6.45) is -22.6. The fourth-order valence-electron chi connectivity index (χ4n) is 7.73. The predicted molar refractivity (Wildman–Crippen MR) is 205 cm³/mol. The standard InChI is InChI=1S/C41H56FNO18/c1-20(45)43-31-34(52)38(29(18-44)58-39(31)55-3)60-40-36(54)35(53)33(51)30(59-40)19-56-41(2)16-28(49)25(15-22(46)17-42)37(61-41)32(50)27(48)13-12-26(47)21-8-7-11-24(14-21)57-23-9-5-4-6-10-23/h4-11,14,25,27-40,44,48-54H,12-13,15-19H2,1-3H3,(H,43,45)/t25-,27-,28-,29?,30?,31?,32-,33+,34-,35+,36?,37?,38-,39-,40+,41+/m1/s1. The van der Waals surface area contributed by atoms with Gasteiger partial charge in [0, 0.05) is 44.8 Å². The van der Waals surface area contributed by atoms with Gasteiger partial charge in [-0.25, -0.2) is 4.39 Å². The summed E-state index contributed by atoms with van der Waals surface area (Å²) in [5.41, 5.74) is 0.273. The van der Waals surface area contributed by atoms with Crippen molar-refractivity contribution in [1.29, 1.82) is 0 Å². The molecule has 0 saturated carbocycles. The normalized spacial score (nSPS) is 35.2. The number of nitrogens with one attached hydrogen (secondary N) is 1. The molecule has 2 aromatic rings. The van der Waals surface area contributed by atoms with E-state index in [-0.39, 0.29) is 24.8 Å². The molecule has 9 N–H and O–H groups in total. The van der Waals surface area contributed by atoms with Gasteiger partial charge in [0.2, 0.25) is 5.91 Å². The van der Waals surface area contributed by atoms with Crippen molar-refractivity contribution in [3.05, 3.63) is 60.2 Å². The van der Waals surface area contributed by atoms with E-state index in [0.29, 0.717) is 11.5 Å². The van der Waals surface area contributed by atoms with Gasteiger partial charge in [0.1, 0.15) is 73.0 Å². The molecule has 5 unspecified atom stereocenters. The molecule has 0 bridgehead atoms. The van der Waals surface area contributed by atoms with Gasteiger partial charge in [-0.15, -0.1) is 0 Å². The Labute approximate surface area is 350 Å². The number of ether oxygens (including phenoxy) is 7. The van der Waals surface area contributed by atoms with Crippen LogP contribution in [-0.4, -0.2) is 177 Å². The minimum Gasteiger partial charge on any atom is -0.457 e. The minimum atomic E-state index is -1.92. The zero-order valence-electron chi connectivity index (χ0n) is 33.8. The van der Waals surface area contributed by atoms with E-state index in [0.717, 1.165) is 0 Å². The molecular formula is C41H56FNO18. The zero-order valence-corrected chi connectivity index (χ0v) is 33.8. The van der Waals surface area contributed by atoms with Crippen molar-refractivity contribution in [1.82, 2.24) is 5.32 Å². The first-order chi connectivity index (χ1) is 29.0. The second-order valence-corrected chi connectivity index (χ2v) is 15.6. The number of Topliss-reactive ketones (excluding diaryl/α,β-unsaturated/α-hetero) is 2. The van der Waals surface area contributed by atoms with Gasteiger partial charge in [0.15, 0.2) is 29.9 Å². The minimum absolute atomic E-state index is 0.248. The molecule has 3 aliphatic heterocycles. The van der Waals surface area contributed by atoms with Crippen molar-refractivity contribution < 1.29 is 92.8 Å². The fourth-order valence-corrected chi connectivity index (χ4v) is 7.73. The Bertz CT molecular complexity index is 1740. The number of aliphatic hydroxyl groups is 8. The number of amides is 1. The van der Waals surface area contributed by atoms with Gasteiger partial charge < -0.3 is 79.3 Å². The third-order valence-corrected chi connectivity index (χ3v) is 11.0. The van der Waals surface area contributed by atoms with Crippen LogP contribution in [0.25, 0.3) is 0 Å². The molecule has 61 heavy (non-hydrogen) atoms. The summed E-state index contributed by atoms with van der Waals surface area (Å²) < 4.78 is 53.7. The number of ketones is 2. The number of carbonyl (C=O) groups excluding carboxylic acids is 3. The SMILES string of the molecule is CO[C@@H]1OC(CO)[C@@H](O[C@@H]2OC(CO[C@]3(C)C[C@@H](O)[C@@H](CC(=O)CF)C([C@H](O)[C@H](O)CCC(=O)c4cccc(Oc5ccccc5)c4)O3)[C@H](O)[C@H](O)C2O)[C@H](O)C1NC(C)=O. The average molecular weight is 870 g/mol. The van der Waals surface area contributed by atoms with E-state index >= 15 is 0 Å². The third-order valence-electron chi connectivity index (χ3n) is 11.0. The van der Waals surface area contributed by atoms with Crippen molar-refractivity contribution in [3.8, 4) is 11.5 Å². The maximum atomic E-state index is 13.4. The molecule has 0 radical (unpaired) electrons. The summed E-state index contributed by atoms with van der Waals surface area (Å²) in [5, 5.41) is 90.0. The van der Waals surface area contributed by atoms with E-state index in [9.17, 15) is 59.6 Å². The van der Waals surface area contributed by atoms with E-state index in [4.69, 9.17) is 33.2 Å². The molecule has 3 heterocycles. The van der Waals surface area contributed by atoms with Crippen molar-refractivity contribution in [2.45, 2.75) is 131 Å². The van der Waals surface area contributed by atoms with Crippen LogP contribution in [0.1, 0.15) is 49.9 Å². The Kier molecular flexibility index (Phi) is 17.2. The largest absolute Gasteiger partial charge is 0.457 e. The molecule has 340 valence electrons. The van der Waals surface area contributed by atoms with E-state index in [1.165, 1.54) is 27.0 Å². The first-order valence-electron chi connectivity index (χ1n) is 19.9. The lowest BCUT2D eigenvalue weighted by atomic mass is 9.80. The molecule has 16 atom stereocenters. The number of hydrogen-bond donors (Lipinski definition) is 9. The van der Waals surface area contributed by atoms with Gasteiger partial charge in [-0.1, -0.05) is 30.3 Å². The fraction of sp³-hybridized carbons (Fsp3) is 0.634. The van der Waals surface area contributed by atoms with E-state index in [2.05, 4.69) is 5.32 Å². The molecular weight excluding hydrogens is 813 g/mol. The predicted octanol–water partition coefficient (Wildman–Crippen LogP) is -0.987. The first-order valence-corrected chi connectivity index (χ1v) is 19.9. The Morgan fingerprint density at radius 1 is 0.918 bits per heavy atom. The quantitative estimate of drug-likeness (QED) is 0.0767. The molecule has 1 amide bonds. The highest BCUT2D eigenvalue weighted by molar-refractivity contribution is 5.96. The van der Waals surface area contributed by atoms with Gasteiger partial charge in [-0.2, -0.15) is 0 Å². The molecule has 19 nitrogen and oxygen atoms in total. The Morgan fingerprint density at radius 3 is 2.26 bits per heavy atom. The number of benzene rings is 2. The van der Waals surface area contributed by atoms with Crippen LogP contribution >= 0.6 is 0 Å². The number of carbonyl (C=O) groups is 3. The molecule has 0 spiro atoms. The van der Waals surface area contributed by atoms with Crippen molar-refractivity contribution in [2.75, 3.05) is 27.0 Å². The molecule has 3 fully saturated rings. The van der Waals surface area contributed by atoms with Gasteiger partial charge in [-0.05, 0) is 37.6 Å². The summed E-state index contributed by atoms with van der Waals surface area (Å²) in [7, 11) is 1.25. The first kappa shape index (κ1) is 48.5. The van der Waals surface area contributed by atoms with E-state index in [1.54, 1.807) is 42.5 Å².